The van der Waals surface area contributed by atoms with Gasteiger partial charge >= 0.3 is 0 Å². The monoisotopic (exact) mass is 565 g/mol. The molecule has 0 heterocycles. The fraction of sp³-hybridized carbons (Fsp3) is 0.343. The third-order valence-electron chi connectivity index (χ3n) is 6.74. The number of hydrogen-bond acceptors (Lipinski definition) is 5. The molecule has 0 spiro atoms. The number of carbonyl (C=O) groups is 4. The van der Waals surface area contributed by atoms with Crippen LogP contribution in [-0.4, -0.2) is 35.5 Å². The first kappa shape index (κ1) is 32.0. The number of benzene rings is 3. The van der Waals surface area contributed by atoms with Crippen LogP contribution in [0.3, 0.4) is 0 Å². The van der Waals surface area contributed by atoms with Gasteiger partial charge in [-0.1, -0.05) is 60.7 Å². The zero-order valence-electron chi connectivity index (χ0n) is 24.6. The highest BCUT2D eigenvalue weighted by atomic mass is 16.2. The molecule has 2 N–H and O–H groups in total. The van der Waals surface area contributed by atoms with E-state index in [1.807, 2.05) is 81.4 Å². The SMILES string of the molecule is CC(C)(C)NC(=O)C[C@H](CC(=O)CCc1ccccc1)C(=O)NCCCC(=O)c1cccc(-c2ccc(C#N)cc2)c1. The minimum absolute atomic E-state index is 0.0166. The van der Waals surface area contributed by atoms with Crippen molar-refractivity contribution in [3.63, 3.8) is 0 Å². The number of aryl methyl sites for hydroxylation is 1. The zero-order valence-corrected chi connectivity index (χ0v) is 24.6. The van der Waals surface area contributed by atoms with E-state index in [1.54, 1.807) is 18.2 Å². The summed E-state index contributed by atoms with van der Waals surface area (Å²) < 4.78 is 0. The quantitative estimate of drug-likeness (QED) is 0.189. The van der Waals surface area contributed by atoms with Crippen LogP contribution in [0, 0.1) is 17.2 Å². The average molecular weight is 566 g/mol. The number of ketones is 2. The Bertz CT molecular complexity index is 1420. The summed E-state index contributed by atoms with van der Waals surface area (Å²) in [6.45, 7) is 5.85. The largest absolute Gasteiger partial charge is 0.356 e. The Hall–Kier alpha value is -4.57. The lowest BCUT2D eigenvalue weighted by Crippen LogP contribution is -2.43. The summed E-state index contributed by atoms with van der Waals surface area (Å²) in [5, 5.41) is 14.7. The molecule has 0 radical (unpaired) electrons. The number of rotatable bonds is 14. The summed E-state index contributed by atoms with van der Waals surface area (Å²) in [7, 11) is 0. The van der Waals surface area contributed by atoms with Crippen molar-refractivity contribution >= 4 is 23.4 Å². The van der Waals surface area contributed by atoms with E-state index in [-0.39, 0.29) is 49.2 Å². The summed E-state index contributed by atoms with van der Waals surface area (Å²) in [5.41, 5.74) is 3.53. The summed E-state index contributed by atoms with van der Waals surface area (Å²) in [6, 6.07) is 26.3. The Morgan fingerprint density at radius 2 is 1.55 bits per heavy atom. The second-order valence-electron chi connectivity index (χ2n) is 11.5. The molecular weight excluding hydrogens is 526 g/mol. The number of nitriles is 1. The van der Waals surface area contributed by atoms with Crippen molar-refractivity contribution in [3.8, 4) is 17.2 Å². The van der Waals surface area contributed by atoms with Gasteiger partial charge in [0.25, 0.3) is 0 Å². The molecule has 1 atom stereocenters. The van der Waals surface area contributed by atoms with Crippen molar-refractivity contribution in [3.05, 3.63) is 95.6 Å². The van der Waals surface area contributed by atoms with Crippen molar-refractivity contribution in [2.75, 3.05) is 6.54 Å². The average Bonchev–Trinajstić information content (AvgIpc) is 2.97. The lowest BCUT2D eigenvalue weighted by atomic mass is 9.94. The Kier molecular flexibility index (Phi) is 11.7. The highest BCUT2D eigenvalue weighted by molar-refractivity contribution is 5.97. The molecule has 0 aliphatic carbocycles. The molecule has 2 amide bonds. The predicted octanol–water partition coefficient (Wildman–Crippen LogP) is 5.82. The fourth-order valence-electron chi connectivity index (χ4n) is 4.61. The molecule has 7 heteroatoms. The maximum absolute atomic E-state index is 13.1. The lowest BCUT2D eigenvalue weighted by molar-refractivity contribution is -0.133. The van der Waals surface area contributed by atoms with Crippen LogP contribution in [0.15, 0.2) is 78.9 Å². The first-order valence-corrected chi connectivity index (χ1v) is 14.3. The molecule has 3 aromatic carbocycles. The van der Waals surface area contributed by atoms with Crippen molar-refractivity contribution in [2.45, 2.75) is 64.8 Å². The van der Waals surface area contributed by atoms with Gasteiger partial charge in [0.2, 0.25) is 11.8 Å². The number of hydrogen-bond donors (Lipinski definition) is 2. The van der Waals surface area contributed by atoms with Crippen LogP contribution in [-0.2, 0) is 20.8 Å². The highest BCUT2D eigenvalue weighted by Crippen LogP contribution is 2.22. The molecule has 0 saturated carbocycles. The highest BCUT2D eigenvalue weighted by Gasteiger charge is 2.26. The summed E-state index contributed by atoms with van der Waals surface area (Å²) in [4.78, 5) is 51.3. The van der Waals surface area contributed by atoms with Crippen LogP contribution >= 0.6 is 0 Å². The molecule has 42 heavy (non-hydrogen) atoms. The molecule has 7 nitrogen and oxygen atoms in total. The topological polar surface area (TPSA) is 116 Å². The normalized spacial score (nSPS) is 11.7. The molecule has 0 bridgehead atoms. The molecule has 0 aromatic heterocycles. The lowest BCUT2D eigenvalue weighted by Gasteiger charge is -2.23. The van der Waals surface area contributed by atoms with E-state index in [1.165, 1.54) is 0 Å². The van der Waals surface area contributed by atoms with E-state index < -0.39 is 11.5 Å². The van der Waals surface area contributed by atoms with Gasteiger partial charge in [-0.2, -0.15) is 5.26 Å². The molecule has 0 saturated heterocycles. The van der Waals surface area contributed by atoms with E-state index in [4.69, 9.17) is 5.26 Å². The van der Waals surface area contributed by atoms with E-state index in [0.717, 1.165) is 16.7 Å². The first-order valence-electron chi connectivity index (χ1n) is 14.3. The van der Waals surface area contributed by atoms with Gasteiger partial charge in [0, 0.05) is 43.3 Å². The number of nitrogens with one attached hydrogen (secondary N) is 2. The molecule has 0 aliphatic heterocycles. The van der Waals surface area contributed by atoms with Crippen LogP contribution in [0.25, 0.3) is 11.1 Å². The van der Waals surface area contributed by atoms with Crippen LogP contribution in [0.2, 0.25) is 0 Å². The maximum atomic E-state index is 13.1. The summed E-state index contributed by atoms with van der Waals surface area (Å²) in [5.74, 6) is -1.54. The van der Waals surface area contributed by atoms with Crippen molar-refractivity contribution in [1.29, 1.82) is 5.26 Å². The number of Topliss-reactive ketones (excluding diaryl/α,β-unsaturated/α-hetero) is 2. The fourth-order valence-corrected chi connectivity index (χ4v) is 4.61. The Morgan fingerprint density at radius 3 is 2.21 bits per heavy atom. The van der Waals surface area contributed by atoms with Gasteiger partial charge < -0.3 is 10.6 Å². The predicted molar refractivity (Wildman–Crippen MR) is 164 cm³/mol. The van der Waals surface area contributed by atoms with Crippen LogP contribution in [0.5, 0.6) is 0 Å². The smallest absolute Gasteiger partial charge is 0.224 e. The van der Waals surface area contributed by atoms with E-state index in [0.29, 0.717) is 30.4 Å². The molecule has 218 valence electrons. The van der Waals surface area contributed by atoms with E-state index in [9.17, 15) is 19.2 Å². The van der Waals surface area contributed by atoms with Crippen LogP contribution in [0.1, 0.15) is 74.4 Å². The second-order valence-corrected chi connectivity index (χ2v) is 11.5. The Labute approximate surface area is 248 Å². The van der Waals surface area contributed by atoms with Gasteiger partial charge in [0.05, 0.1) is 17.6 Å². The number of nitrogens with zero attached hydrogens (tertiary/aromatic N) is 1. The van der Waals surface area contributed by atoms with E-state index in [2.05, 4.69) is 16.7 Å². The number of amides is 2. The molecular formula is C35H39N3O4. The summed E-state index contributed by atoms with van der Waals surface area (Å²) >= 11 is 0. The third-order valence-corrected chi connectivity index (χ3v) is 6.74. The molecule has 3 aromatic rings. The van der Waals surface area contributed by atoms with Gasteiger partial charge in [-0.3, -0.25) is 19.2 Å². The van der Waals surface area contributed by atoms with E-state index >= 15 is 0 Å². The van der Waals surface area contributed by atoms with Crippen molar-refractivity contribution in [2.24, 2.45) is 5.92 Å². The minimum atomic E-state index is -0.782. The summed E-state index contributed by atoms with van der Waals surface area (Å²) in [6.07, 6.45) is 1.44. The van der Waals surface area contributed by atoms with Crippen LogP contribution < -0.4 is 10.6 Å². The van der Waals surface area contributed by atoms with Gasteiger partial charge in [-0.15, -0.1) is 0 Å². The second kappa shape index (κ2) is 15.4. The first-order chi connectivity index (χ1) is 20.0. The van der Waals surface area contributed by atoms with Gasteiger partial charge in [-0.25, -0.2) is 0 Å². The van der Waals surface area contributed by atoms with Gasteiger partial charge in [0.15, 0.2) is 5.78 Å². The minimum Gasteiger partial charge on any atom is -0.356 e. The number of carbonyl (C=O) groups excluding carboxylic acids is 4. The molecule has 0 aliphatic rings. The molecule has 0 fully saturated rings. The van der Waals surface area contributed by atoms with Crippen molar-refractivity contribution < 1.29 is 19.2 Å². The van der Waals surface area contributed by atoms with Crippen LogP contribution in [0.4, 0.5) is 0 Å². The zero-order chi connectivity index (χ0) is 30.5. The van der Waals surface area contributed by atoms with Gasteiger partial charge in [-0.05, 0) is 68.5 Å². The van der Waals surface area contributed by atoms with Gasteiger partial charge in [0.1, 0.15) is 5.78 Å². The standard InChI is InChI=1S/C35H39N3O4/c1-35(2,3)38-33(41)23-30(22-31(39)19-16-25-9-5-4-6-10-25)34(42)37-20-8-13-32(40)29-12-7-11-28(21-29)27-17-14-26(24-36)15-18-27/h4-7,9-12,14-15,17-18,21,30H,8,13,16,19-20,22-23H2,1-3H3,(H,37,42)(H,38,41)/t30-/m0/s1. The molecule has 0 unspecified atom stereocenters. The molecule has 3 rings (SSSR count). The Morgan fingerprint density at radius 1 is 0.833 bits per heavy atom. The Balaban J connectivity index is 1.54. The maximum Gasteiger partial charge on any atom is 0.224 e. The van der Waals surface area contributed by atoms with Crippen molar-refractivity contribution in [1.82, 2.24) is 10.6 Å². The third kappa shape index (κ3) is 10.8.